The molecule has 2 unspecified atom stereocenters. The summed E-state index contributed by atoms with van der Waals surface area (Å²) in [6.07, 6.45) is 2.76. The quantitative estimate of drug-likeness (QED) is 0.727. The van der Waals surface area contributed by atoms with Crippen LogP contribution in [0, 0.1) is 0 Å². The highest BCUT2D eigenvalue weighted by Gasteiger charge is 2.17. The lowest BCUT2D eigenvalue weighted by Crippen LogP contribution is -2.41. The fourth-order valence-electron chi connectivity index (χ4n) is 1.68. The molecule has 0 bridgehead atoms. The normalized spacial score (nSPS) is 28.0. The number of nitrogens with one attached hydrogen (secondary N) is 1. The standard InChI is InChI=1S/C12H25NO2/c1-10-5-6-11(9-13-10)14-7-8-15-12(2,3)4/h10-11,13H,5-9H2,1-4H3. The van der Waals surface area contributed by atoms with Crippen molar-refractivity contribution in [2.45, 2.75) is 58.3 Å². The lowest BCUT2D eigenvalue weighted by molar-refractivity contribution is -0.0562. The molecule has 1 N–H and O–H groups in total. The lowest BCUT2D eigenvalue weighted by Gasteiger charge is -2.28. The average molecular weight is 215 g/mol. The highest BCUT2D eigenvalue weighted by atomic mass is 16.5. The summed E-state index contributed by atoms with van der Waals surface area (Å²) in [4.78, 5) is 0. The Kier molecular flexibility index (Phi) is 5.03. The van der Waals surface area contributed by atoms with Crippen molar-refractivity contribution in [3.8, 4) is 0 Å². The minimum Gasteiger partial charge on any atom is -0.375 e. The van der Waals surface area contributed by atoms with Gasteiger partial charge in [-0.2, -0.15) is 0 Å². The first kappa shape index (κ1) is 12.9. The number of hydrogen-bond acceptors (Lipinski definition) is 3. The third kappa shape index (κ3) is 6.13. The van der Waals surface area contributed by atoms with Crippen molar-refractivity contribution in [2.75, 3.05) is 19.8 Å². The molecule has 90 valence electrons. The monoisotopic (exact) mass is 215 g/mol. The van der Waals surface area contributed by atoms with E-state index in [1.807, 2.05) is 0 Å². The topological polar surface area (TPSA) is 30.5 Å². The van der Waals surface area contributed by atoms with Crippen molar-refractivity contribution in [3.05, 3.63) is 0 Å². The summed E-state index contributed by atoms with van der Waals surface area (Å²) < 4.78 is 11.3. The Morgan fingerprint density at radius 3 is 2.47 bits per heavy atom. The van der Waals surface area contributed by atoms with Crippen LogP contribution in [0.15, 0.2) is 0 Å². The van der Waals surface area contributed by atoms with Gasteiger partial charge in [-0.05, 0) is 40.5 Å². The van der Waals surface area contributed by atoms with Gasteiger partial charge in [0.25, 0.3) is 0 Å². The molecule has 3 nitrogen and oxygen atoms in total. The van der Waals surface area contributed by atoms with Gasteiger partial charge in [0.15, 0.2) is 0 Å². The van der Waals surface area contributed by atoms with Crippen LogP contribution in [0.4, 0.5) is 0 Å². The molecule has 0 aromatic carbocycles. The lowest BCUT2D eigenvalue weighted by atomic mass is 10.0. The van der Waals surface area contributed by atoms with Crippen LogP contribution in [0.2, 0.25) is 0 Å². The molecule has 0 aliphatic carbocycles. The van der Waals surface area contributed by atoms with Crippen LogP contribution < -0.4 is 5.32 Å². The Hall–Kier alpha value is -0.120. The summed E-state index contributed by atoms with van der Waals surface area (Å²) in [6.45, 7) is 10.8. The van der Waals surface area contributed by atoms with E-state index in [1.54, 1.807) is 0 Å². The second-order valence-electron chi connectivity index (χ2n) is 5.34. The van der Waals surface area contributed by atoms with Gasteiger partial charge in [0.2, 0.25) is 0 Å². The zero-order chi connectivity index (χ0) is 11.3. The van der Waals surface area contributed by atoms with Gasteiger partial charge in [0.1, 0.15) is 0 Å². The van der Waals surface area contributed by atoms with Gasteiger partial charge in [0, 0.05) is 12.6 Å². The van der Waals surface area contributed by atoms with Crippen LogP contribution >= 0.6 is 0 Å². The summed E-state index contributed by atoms with van der Waals surface area (Å²) in [6, 6.07) is 0.649. The van der Waals surface area contributed by atoms with E-state index in [-0.39, 0.29) is 5.60 Å². The van der Waals surface area contributed by atoms with Crippen LogP contribution in [0.3, 0.4) is 0 Å². The zero-order valence-corrected chi connectivity index (χ0v) is 10.5. The summed E-state index contributed by atoms with van der Waals surface area (Å²) in [7, 11) is 0. The first-order valence-corrected chi connectivity index (χ1v) is 5.96. The van der Waals surface area contributed by atoms with Gasteiger partial charge in [-0.1, -0.05) is 0 Å². The summed E-state index contributed by atoms with van der Waals surface area (Å²) in [5.74, 6) is 0. The van der Waals surface area contributed by atoms with E-state index in [4.69, 9.17) is 9.47 Å². The highest BCUT2D eigenvalue weighted by Crippen LogP contribution is 2.11. The highest BCUT2D eigenvalue weighted by molar-refractivity contribution is 4.74. The first-order chi connectivity index (χ1) is 6.97. The fourth-order valence-corrected chi connectivity index (χ4v) is 1.68. The smallest absolute Gasteiger partial charge is 0.0707 e. The Balaban J connectivity index is 2.01. The minimum atomic E-state index is -0.0529. The van der Waals surface area contributed by atoms with E-state index in [0.717, 1.165) is 6.54 Å². The van der Waals surface area contributed by atoms with Crippen molar-refractivity contribution < 1.29 is 9.47 Å². The van der Waals surface area contributed by atoms with Crippen molar-refractivity contribution >= 4 is 0 Å². The van der Waals surface area contributed by atoms with Gasteiger partial charge in [-0.3, -0.25) is 0 Å². The molecule has 3 heteroatoms. The van der Waals surface area contributed by atoms with Gasteiger partial charge < -0.3 is 14.8 Å². The Morgan fingerprint density at radius 1 is 1.20 bits per heavy atom. The molecule has 1 saturated heterocycles. The Labute approximate surface area is 93.5 Å². The zero-order valence-electron chi connectivity index (χ0n) is 10.5. The van der Waals surface area contributed by atoms with Crippen LogP contribution in [0.1, 0.15) is 40.5 Å². The van der Waals surface area contributed by atoms with Crippen LogP contribution in [0.25, 0.3) is 0 Å². The second kappa shape index (κ2) is 5.83. The molecule has 0 radical (unpaired) electrons. The molecule has 1 fully saturated rings. The molecule has 0 spiro atoms. The van der Waals surface area contributed by atoms with E-state index < -0.39 is 0 Å². The molecule has 0 amide bonds. The van der Waals surface area contributed by atoms with E-state index >= 15 is 0 Å². The fraction of sp³-hybridized carbons (Fsp3) is 1.00. The summed E-state index contributed by atoms with van der Waals surface area (Å²) in [5.41, 5.74) is -0.0529. The number of rotatable bonds is 4. The van der Waals surface area contributed by atoms with Crippen molar-refractivity contribution in [3.63, 3.8) is 0 Å². The summed E-state index contributed by atoms with van der Waals surface area (Å²) in [5, 5.41) is 3.42. The third-order valence-electron chi connectivity index (χ3n) is 2.59. The van der Waals surface area contributed by atoms with Crippen molar-refractivity contribution in [1.82, 2.24) is 5.32 Å². The van der Waals surface area contributed by atoms with E-state index in [2.05, 4.69) is 33.0 Å². The molecule has 15 heavy (non-hydrogen) atoms. The molecular weight excluding hydrogens is 190 g/mol. The summed E-state index contributed by atoms with van der Waals surface area (Å²) >= 11 is 0. The molecule has 0 aromatic rings. The second-order valence-corrected chi connectivity index (χ2v) is 5.34. The van der Waals surface area contributed by atoms with Gasteiger partial charge in [0.05, 0.1) is 24.9 Å². The van der Waals surface area contributed by atoms with Crippen LogP contribution in [-0.4, -0.2) is 37.5 Å². The molecule has 2 atom stereocenters. The maximum atomic E-state index is 5.74. The maximum absolute atomic E-state index is 5.74. The third-order valence-corrected chi connectivity index (χ3v) is 2.59. The van der Waals surface area contributed by atoms with E-state index in [9.17, 15) is 0 Å². The minimum absolute atomic E-state index is 0.0529. The molecule has 1 aliphatic heterocycles. The maximum Gasteiger partial charge on any atom is 0.0707 e. The average Bonchev–Trinajstić information content (AvgIpc) is 2.14. The SMILES string of the molecule is CC1CCC(OCCOC(C)(C)C)CN1. The van der Waals surface area contributed by atoms with Crippen LogP contribution in [-0.2, 0) is 9.47 Å². The molecule has 1 heterocycles. The largest absolute Gasteiger partial charge is 0.375 e. The van der Waals surface area contributed by atoms with Crippen molar-refractivity contribution in [2.24, 2.45) is 0 Å². The molecule has 1 aliphatic rings. The molecular formula is C12H25NO2. The van der Waals surface area contributed by atoms with Gasteiger partial charge >= 0.3 is 0 Å². The molecule has 1 rings (SSSR count). The van der Waals surface area contributed by atoms with Gasteiger partial charge in [-0.25, -0.2) is 0 Å². The Bertz CT molecular complexity index is 169. The van der Waals surface area contributed by atoms with E-state index in [0.29, 0.717) is 25.4 Å². The number of hydrogen-bond donors (Lipinski definition) is 1. The Morgan fingerprint density at radius 2 is 1.93 bits per heavy atom. The molecule has 0 saturated carbocycles. The number of piperidine rings is 1. The predicted octanol–water partition coefficient (Wildman–Crippen LogP) is 1.96. The van der Waals surface area contributed by atoms with Gasteiger partial charge in [-0.15, -0.1) is 0 Å². The first-order valence-electron chi connectivity index (χ1n) is 5.96. The van der Waals surface area contributed by atoms with E-state index in [1.165, 1.54) is 12.8 Å². The molecule has 0 aromatic heterocycles. The predicted molar refractivity (Wildman–Crippen MR) is 62.1 cm³/mol. The van der Waals surface area contributed by atoms with Crippen LogP contribution in [0.5, 0.6) is 0 Å². The van der Waals surface area contributed by atoms with Crippen molar-refractivity contribution in [1.29, 1.82) is 0 Å². The number of ether oxygens (including phenoxy) is 2.